The van der Waals surface area contributed by atoms with Crippen molar-refractivity contribution in [3.05, 3.63) is 159 Å². The number of carbonyl (C=O) groups is 2. The highest BCUT2D eigenvalue weighted by molar-refractivity contribution is 6.22. The summed E-state index contributed by atoms with van der Waals surface area (Å²) in [7, 11) is 3.34. The van der Waals surface area contributed by atoms with Crippen molar-refractivity contribution in [1.29, 1.82) is 0 Å². The van der Waals surface area contributed by atoms with Gasteiger partial charge < -0.3 is 28.4 Å². The summed E-state index contributed by atoms with van der Waals surface area (Å²) in [5, 5.41) is 4.38. The fourth-order valence-electron chi connectivity index (χ4n) is 6.92. The van der Waals surface area contributed by atoms with Gasteiger partial charge in [0, 0.05) is 12.2 Å². The molecule has 290 valence electrons. The van der Waals surface area contributed by atoms with Gasteiger partial charge in [0.25, 0.3) is 0 Å². The predicted octanol–water partition coefficient (Wildman–Crippen LogP) is 10.9. The Morgan fingerprint density at radius 1 is 0.414 bits per heavy atom. The zero-order chi connectivity index (χ0) is 40.4. The molecule has 0 saturated heterocycles. The molecule has 0 atom stereocenters. The topological polar surface area (TPSA) is 89.5 Å². The van der Waals surface area contributed by atoms with Crippen LogP contribution in [-0.4, -0.2) is 52.6 Å². The van der Waals surface area contributed by atoms with E-state index in [-0.39, 0.29) is 26.4 Å². The van der Waals surface area contributed by atoms with E-state index in [0.29, 0.717) is 11.5 Å². The summed E-state index contributed by atoms with van der Waals surface area (Å²) < 4.78 is 32.9. The van der Waals surface area contributed by atoms with Crippen molar-refractivity contribution in [3.8, 4) is 67.5 Å². The molecule has 0 radical (unpaired) electrons. The molecule has 0 aliphatic heterocycles. The van der Waals surface area contributed by atoms with Crippen LogP contribution in [0.2, 0.25) is 0 Å². The lowest BCUT2D eigenvalue weighted by Crippen LogP contribution is -2.10. The number of rotatable bonds is 16. The Labute approximate surface area is 337 Å². The van der Waals surface area contributed by atoms with Crippen LogP contribution in [0.25, 0.3) is 66.1 Å². The van der Waals surface area contributed by atoms with Gasteiger partial charge in [-0.05, 0) is 127 Å². The third kappa shape index (κ3) is 8.72. The van der Waals surface area contributed by atoms with Crippen molar-refractivity contribution in [2.75, 3.05) is 40.6 Å². The van der Waals surface area contributed by atoms with Gasteiger partial charge in [-0.1, -0.05) is 86.0 Å². The number of hydrogen-bond donors (Lipinski definition) is 0. The lowest BCUT2D eigenvalue weighted by atomic mass is 9.83. The fraction of sp³-hybridized carbons (Fsp3) is 0.120. The minimum absolute atomic E-state index is 0.112. The van der Waals surface area contributed by atoms with Crippen molar-refractivity contribution in [3.63, 3.8) is 0 Å². The molecule has 8 heteroatoms. The molecule has 0 amide bonds. The maximum atomic E-state index is 11.5. The molecular weight excluding hydrogens is 729 g/mol. The second kappa shape index (κ2) is 18.1. The number of esters is 2. The van der Waals surface area contributed by atoms with E-state index in [4.69, 9.17) is 28.4 Å². The highest BCUT2D eigenvalue weighted by Crippen LogP contribution is 2.47. The maximum absolute atomic E-state index is 11.5. The van der Waals surface area contributed by atoms with Crippen molar-refractivity contribution < 1.29 is 38.0 Å². The molecule has 0 aliphatic rings. The quantitative estimate of drug-likeness (QED) is 0.0415. The Hall–Kier alpha value is -7.32. The van der Waals surface area contributed by atoms with E-state index < -0.39 is 11.9 Å². The number of benzene rings is 7. The summed E-state index contributed by atoms with van der Waals surface area (Å²) >= 11 is 0. The Morgan fingerprint density at radius 3 is 1.09 bits per heavy atom. The van der Waals surface area contributed by atoms with Gasteiger partial charge in [0.2, 0.25) is 0 Å². The molecule has 0 heterocycles. The summed E-state index contributed by atoms with van der Waals surface area (Å²) in [6.45, 7) is 7.53. The van der Waals surface area contributed by atoms with Crippen molar-refractivity contribution in [2.45, 2.75) is 0 Å². The van der Waals surface area contributed by atoms with Crippen LogP contribution in [0.15, 0.2) is 159 Å². The minimum atomic E-state index is -0.490. The summed E-state index contributed by atoms with van der Waals surface area (Å²) in [5.74, 6) is 1.91. The van der Waals surface area contributed by atoms with Gasteiger partial charge in [-0.15, -0.1) is 0 Å². The van der Waals surface area contributed by atoms with Gasteiger partial charge in [0.1, 0.15) is 49.4 Å². The summed E-state index contributed by atoms with van der Waals surface area (Å²) in [6, 6.07) is 45.4. The van der Waals surface area contributed by atoms with Gasteiger partial charge in [0.15, 0.2) is 0 Å². The summed E-state index contributed by atoms with van der Waals surface area (Å²) in [5.41, 5.74) is 8.36. The first-order valence-electron chi connectivity index (χ1n) is 18.8. The summed E-state index contributed by atoms with van der Waals surface area (Å²) in [6.07, 6.45) is 2.26. The van der Waals surface area contributed by atoms with Gasteiger partial charge in [-0.3, -0.25) is 0 Å². The van der Waals surface area contributed by atoms with E-state index in [1.54, 1.807) is 14.2 Å². The van der Waals surface area contributed by atoms with Crippen LogP contribution < -0.4 is 18.9 Å². The molecule has 0 saturated carbocycles. The van der Waals surface area contributed by atoms with Crippen molar-refractivity contribution in [2.24, 2.45) is 0 Å². The minimum Gasteiger partial charge on any atom is -0.497 e. The Balaban J connectivity index is 1.38. The lowest BCUT2D eigenvalue weighted by Gasteiger charge is -2.21. The van der Waals surface area contributed by atoms with Gasteiger partial charge in [-0.2, -0.15) is 0 Å². The third-order valence-corrected chi connectivity index (χ3v) is 9.78. The third-order valence-electron chi connectivity index (χ3n) is 9.78. The zero-order valence-corrected chi connectivity index (χ0v) is 32.4. The number of methoxy groups -OCH3 is 2. The maximum Gasteiger partial charge on any atom is 0.330 e. The average molecular weight is 771 g/mol. The number of carbonyl (C=O) groups excluding carboxylic acids is 2. The van der Waals surface area contributed by atoms with E-state index in [1.807, 2.05) is 60.7 Å². The van der Waals surface area contributed by atoms with E-state index >= 15 is 0 Å². The molecule has 7 rings (SSSR count). The SMILES string of the molecule is C=CC(=O)OCCOc1ccc(-c2ccc3c(c2)c(-c2ccc(OCCOC(=O)C=C)cc2)c(-c2ccc(OC)cc2)c2cc(-c4ccc(OC)cc4)ccc23)cc1. The van der Waals surface area contributed by atoms with Crippen LogP contribution in [0.4, 0.5) is 0 Å². The molecule has 0 unspecified atom stereocenters. The van der Waals surface area contributed by atoms with Gasteiger partial charge >= 0.3 is 11.9 Å². The van der Waals surface area contributed by atoms with Crippen LogP contribution >= 0.6 is 0 Å². The second-order valence-electron chi connectivity index (χ2n) is 13.2. The molecule has 0 N–H and O–H groups in total. The average Bonchev–Trinajstić information content (AvgIpc) is 3.28. The van der Waals surface area contributed by atoms with Crippen LogP contribution in [0.3, 0.4) is 0 Å². The monoisotopic (exact) mass is 770 g/mol. The predicted molar refractivity (Wildman–Crippen MR) is 230 cm³/mol. The first kappa shape index (κ1) is 38.9. The Bertz CT molecular complexity index is 2570. The Morgan fingerprint density at radius 2 is 0.741 bits per heavy atom. The highest BCUT2D eigenvalue weighted by Gasteiger charge is 2.20. The van der Waals surface area contributed by atoms with Crippen LogP contribution in [0, 0.1) is 0 Å². The molecule has 0 spiro atoms. The molecule has 0 aliphatic carbocycles. The van der Waals surface area contributed by atoms with E-state index in [0.717, 1.165) is 89.7 Å². The fourth-order valence-corrected chi connectivity index (χ4v) is 6.92. The van der Waals surface area contributed by atoms with Crippen molar-refractivity contribution in [1.82, 2.24) is 0 Å². The molecular formula is C50H42O8. The summed E-state index contributed by atoms with van der Waals surface area (Å²) in [4.78, 5) is 22.9. The van der Waals surface area contributed by atoms with Crippen LogP contribution in [0.1, 0.15) is 0 Å². The molecule has 58 heavy (non-hydrogen) atoms. The molecule has 7 aromatic rings. The molecule has 0 fully saturated rings. The standard InChI is InChI=1S/C50H42O8/c1-5-47(51)57-29-27-55-41-21-9-34(10-22-41)38-16-26-44-43-25-15-37(33-7-17-39(53-3)18-8-33)31-45(43)49(35-11-19-40(54-4)20-12-35)50(46(44)32-38)36-13-23-42(24-14-36)56-28-30-58-48(52)6-2/h5-26,31-32H,1-2,27-30H2,3-4H3. The largest absolute Gasteiger partial charge is 0.497 e. The lowest BCUT2D eigenvalue weighted by molar-refractivity contribution is -0.139. The molecule has 0 bridgehead atoms. The normalized spacial score (nSPS) is 10.8. The Kier molecular flexibility index (Phi) is 12.1. The van der Waals surface area contributed by atoms with Crippen molar-refractivity contribution >= 4 is 33.5 Å². The van der Waals surface area contributed by atoms with E-state index in [2.05, 4.69) is 86.0 Å². The number of hydrogen-bond acceptors (Lipinski definition) is 8. The van der Waals surface area contributed by atoms with Gasteiger partial charge in [-0.25, -0.2) is 9.59 Å². The van der Waals surface area contributed by atoms with Gasteiger partial charge in [0.05, 0.1) is 14.2 Å². The first-order chi connectivity index (χ1) is 28.4. The zero-order valence-electron chi connectivity index (χ0n) is 32.4. The molecule has 8 nitrogen and oxygen atoms in total. The van der Waals surface area contributed by atoms with E-state index in [9.17, 15) is 9.59 Å². The van der Waals surface area contributed by atoms with E-state index in [1.165, 1.54) is 0 Å². The molecule has 0 aromatic heterocycles. The number of ether oxygens (including phenoxy) is 6. The van der Waals surface area contributed by atoms with Crippen LogP contribution in [-0.2, 0) is 19.1 Å². The van der Waals surface area contributed by atoms with Crippen LogP contribution in [0.5, 0.6) is 23.0 Å². The smallest absolute Gasteiger partial charge is 0.330 e. The second-order valence-corrected chi connectivity index (χ2v) is 13.2. The first-order valence-corrected chi connectivity index (χ1v) is 18.8. The molecule has 7 aromatic carbocycles. The number of fused-ring (bicyclic) bond motifs is 3. The highest BCUT2D eigenvalue weighted by atomic mass is 16.6.